The topological polar surface area (TPSA) is 138 Å². The van der Waals surface area contributed by atoms with Crippen molar-refractivity contribution in [2.45, 2.75) is 44.4 Å². The summed E-state index contributed by atoms with van der Waals surface area (Å²) in [5, 5.41) is 23.7. The summed E-state index contributed by atoms with van der Waals surface area (Å²) in [7, 11) is 1.46. The number of rotatable bonds is 11. The minimum absolute atomic E-state index is 0.0409. The number of carbonyl (C=O) groups excluding carboxylic acids is 3. The van der Waals surface area contributed by atoms with Crippen molar-refractivity contribution < 1.29 is 38.8 Å². The van der Waals surface area contributed by atoms with E-state index in [0.29, 0.717) is 60.8 Å². The zero-order valence-corrected chi connectivity index (χ0v) is 22.8. The summed E-state index contributed by atoms with van der Waals surface area (Å²) in [6.07, 6.45) is 0.582. The van der Waals surface area contributed by atoms with Crippen molar-refractivity contribution in [2.75, 3.05) is 59.7 Å². The van der Waals surface area contributed by atoms with Crippen molar-refractivity contribution >= 4 is 18.1 Å². The Bertz CT molecular complexity index is 1080. The standard InChI is InChI=1S/C28H39N3O8/c1-17(2)12-23(34)31(6-5-30-7-10-38-11-8-30)21-15-20(28(36)29-4-9-32)24-19-13-18(16-33)14-22(37-3)26(19)39-27(24)25(21)35/h13-17,21,24-25,27,32,35H,4-12H2,1-3H3,(H,29,36). The van der Waals surface area contributed by atoms with Crippen LogP contribution >= 0.6 is 0 Å². The smallest absolute Gasteiger partial charge is 0.247 e. The molecule has 2 aliphatic heterocycles. The van der Waals surface area contributed by atoms with E-state index in [0.717, 1.165) is 13.1 Å². The van der Waals surface area contributed by atoms with Gasteiger partial charge in [-0.2, -0.15) is 0 Å². The maximum absolute atomic E-state index is 13.5. The summed E-state index contributed by atoms with van der Waals surface area (Å²) in [6.45, 7) is 7.44. The van der Waals surface area contributed by atoms with Crippen molar-refractivity contribution in [3.8, 4) is 11.5 Å². The molecule has 0 radical (unpaired) electrons. The first-order valence-electron chi connectivity index (χ1n) is 13.5. The quantitative estimate of drug-likeness (QED) is 0.336. The van der Waals surface area contributed by atoms with Crippen LogP contribution in [-0.4, -0.2) is 116 Å². The van der Waals surface area contributed by atoms with Gasteiger partial charge >= 0.3 is 0 Å². The van der Waals surface area contributed by atoms with E-state index < -0.39 is 30.1 Å². The summed E-state index contributed by atoms with van der Waals surface area (Å²) in [5.74, 6) is -0.475. The van der Waals surface area contributed by atoms with Gasteiger partial charge in [0.15, 0.2) is 11.5 Å². The van der Waals surface area contributed by atoms with Gasteiger partial charge in [-0.3, -0.25) is 19.3 Å². The first kappa shape index (κ1) is 29.0. The average Bonchev–Trinajstić information content (AvgIpc) is 3.32. The molecule has 4 rings (SSSR count). The number of morpholine rings is 1. The van der Waals surface area contributed by atoms with Gasteiger partial charge in [-0.1, -0.05) is 13.8 Å². The van der Waals surface area contributed by atoms with Crippen LogP contribution in [0.5, 0.6) is 11.5 Å². The third-order valence-corrected chi connectivity index (χ3v) is 7.43. The normalized spacial score (nSPS) is 24.3. The molecule has 0 spiro atoms. The highest BCUT2D eigenvalue weighted by atomic mass is 16.5. The molecule has 0 aromatic heterocycles. The molecule has 11 heteroatoms. The number of nitrogens with zero attached hydrogens (tertiary/aromatic N) is 2. The van der Waals surface area contributed by atoms with Crippen LogP contribution in [0.1, 0.15) is 42.1 Å². The predicted molar refractivity (Wildman–Crippen MR) is 142 cm³/mol. The fourth-order valence-electron chi connectivity index (χ4n) is 5.54. The molecular formula is C28H39N3O8. The Morgan fingerprint density at radius 2 is 2.03 bits per heavy atom. The maximum Gasteiger partial charge on any atom is 0.247 e. The number of aliphatic hydroxyl groups is 2. The van der Waals surface area contributed by atoms with Gasteiger partial charge in [0.1, 0.15) is 18.5 Å². The third-order valence-electron chi connectivity index (χ3n) is 7.43. The zero-order chi connectivity index (χ0) is 28.1. The zero-order valence-electron chi connectivity index (χ0n) is 22.8. The molecule has 2 heterocycles. The van der Waals surface area contributed by atoms with Gasteiger partial charge in [-0.05, 0) is 24.1 Å². The number of ether oxygens (including phenoxy) is 3. The lowest BCUT2D eigenvalue weighted by atomic mass is 9.77. The highest BCUT2D eigenvalue weighted by molar-refractivity contribution is 5.96. The summed E-state index contributed by atoms with van der Waals surface area (Å²) in [5.41, 5.74) is 1.21. The van der Waals surface area contributed by atoms with Gasteiger partial charge in [0.2, 0.25) is 11.8 Å². The average molecular weight is 546 g/mol. The monoisotopic (exact) mass is 545 g/mol. The highest BCUT2D eigenvalue weighted by Crippen LogP contribution is 2.51. The molecular weight excluding hydrogens is 506 g/mol. The van der Waals surface area contributed by atoms with Crippen LogP contribution < -0.4 is 14.8 Å². The van der Waals surface area contributed by atoms with Crippen molar-refractivity contribution in [3.63, 3.8) is 0 Å². The number of benzene rings is 1. The molecule has 1 fully saturated rings. The van der Waals surface area contributed by atoms with Crippen molar-refractivity contribution in [3.05, 3.63) is 34.9 Å². The van der Waals surface area contributed by atoms with Gasteiger partial charge in [0.05, 0.1) is 38.9 Å². The number of nitrogens with one attached hydrogen (secondary N) is 1. The van der Waals surface area contributed by atoms with E-state index >= 15 is 0 Å². The molecule has 214 valence electrons. The van der Waals surface area contributed by atoms with E-state index in [2.05, 4.69) is 10.2 Å². The summed E-state index contributed by atoms with van der Waals surface area (Å²) < 4.78 is 17.1. The van der Waals surface area contributed by atoms with Crippen molar-refractivity contribution in [1.82, 2.24) is 15.1 Å². The molecule has 1 saturated heterocycles. The number of hydrogen-bond acceptors (Lipinski definition) is 9. The maximum atomic E-state index is 13.5. The lowest BCUT2D eigenvalue weighted by molar-refractivity contribution is -0.138. The van der Waals surface area contributed by atoms with E-state index in [1.165, 1.54) is 7.11 Å². The van der Waals surface area contributed by atoms with E-state index in [1.54, 1.807) is 23.1 Å². The second-order valence-corrected chi connectivity index (χ2v) is 10.5. The van der Waals surface area contributed by atoms with Crippen LogP contribution in [-0.2, 0) is 14.3 Å². The largest absolute Gasteiger partial charge is 0.493 e. The molecule has 39 heavy (non-hydrogen) atoms. The lowest BCUT2D eigenvalue weighted by Crippen LogP contribution is -2.57. The Balaban J connectivity index is 1.74. The summed E-state index contributed by atoms with van der Waals surface area (Å²) in [6, 6.07) is 2.36. The number of aliphatic hydroxyl groups excluding tert-OH is 2. The number of amides is 2. The van der Waals surface area contributed by atoms with E-state index in [9.17, 15) is 24.6 Å². The lowest BCUT2D eigenvalue weighted by Gasteiger charge is -2.41. The van der Waals surface area contributed by atoms with Crippen LogP contribution in [0.3, 0.4) is 0 Å². The number of carbonyl (C=O) groups is 3. The molecule has 3 N–H and O–H groups in total. The molecule has 4 atom stereocenters. The van der Waals surface area contributed by atoms with Gasteiger partial charge in [0.25, 0.3) is 0 Å². The van der Waals surface area contributed by atoms with Gasteiger partial charge in [-0.15, -0.1) is 0 Å². The molecule has 3 aliphatic rings. The Hall–Kier alpha value is -2.99. The Labute approximate surface area is 228 Å². The number of hydrogen-bond donors (Lipinski definition) is 3. The van der Waals surface area contributed by atoms with Crippen molar-refractivity contribution in [1.29, 1.82) is 0 Å². The number of fused-ring (bicyclic) bond motifs is 3. The van der Waals surface area contributed by atoms with Crippen LogP contribution in [0.25, 0.3) is 0 Å². The summed E-state index contributed by atoms with van der Waals surface area (Å²) in [4.78, 5) is 42.4. The molecule has 1 aliphatic carbocycles. The second-order valence-electron chi connectivity index (χ2n) is 10.5. The Kier molecular flexibility index (Phi) is 9.60. The molecule has 2 amide bonds. The van der Waals surface area contributed by atoms with E-state index in [-0.39, 0.29) is 31.4 Å². The fourth-order valence-corrected chi connectivity index (χ4v) is 5.54. The highest BCUT2D eigenvalue weighted by Gasteiger charge is 2.51. The summed E-state index contributed by atoms with van der Waals surface area (Å²) >= 11 is 0. The second kappa shape index (κ2) is 12.9. The van der Waals surface area contributed by atoms with Crippen molar-refractivity contribution in [2.24, 2.45) is 5.92 Å². The Morgan fingerprint density at radius 1 is 1.28 bits per heavy atom. The third kappa shape index (κ3) is 6.27. The SMILES string of the molecule is COc1cc(C=O)cc2c1OC1C2C(C(=O)NCCO)=CC(N(CCN2CCOCC2)C(=O)CC(C)C)C1O. The predicted octanol–water partition coefficient (Wildman–Crippen LogP) is 0.337. The van der Waals surface area contributed by atoms with Crippen LogP contribution in [0.4, 0.5) is 0 Å². The molecule has 0 saturated carbocycles. The van der Waals surface area contributed by atoms with Gasteiger partial charge in [0, 0.05) is 55.8 Å². The molecule has 4 unspecified atom stereocenters. The number of methoxy groups -OCH3 is 1. The van der Waals surface area contributed by atoms with Gasteiger partial charge in [-0.25, -0.2) is 0 Å². The van der Waals surface area contributed by atoms with Crippen LogP contribution in [0.2, 0.25) is 0 Å². The minimum atomic E-state index is -1.15. The van der Waals surface area contributed by atoms with Gasteiger partial charge < -0.3 is 34.6 Å². The van der Waals surface area contributed by atoms with Crippen LogP contribution in [0, 0.1) is 5.92 Å². The van der Waals surface area contributed by atoms with Crippen LogP contribution in [0.15, 0.2) is 23.8 Å². The minimum Gasteiger partial charge on any atom is -0.493 e. The molecule has 1 aromatic rings. The molecule has 1 aromatic carbocycles. The van der Waals surface area contributed by atoms with E-state index in [4.69, 9.17) is 14.2 Å². The van der Waals surface area contributed by atoms with E-state index in [1.807, 2.05) is 13.8 Å². The number of aldehydes is 1. The first-order chi connectivity index (χ1) is 18.8. The molecule has 11 nitrogen and oxygen atoms in total. The first-order valence-corrected chi connectivity index (χ1v) is 13.5. The fraction of sp³-hybridized carbons (Fsp3) is 0.607. The molecule has 0 bridgehead atoms. The Morgan fingerprint density at radius 3 is 2.67 bits per heavy atom.